The molecule has 0 bridgehead atoms. The van der Waals surface area contributed by atoms with Crippen LogP contribution in [0.3, 0.4) is 0 Å². The summed E-state index contributed by atoms with van der Waals surface area (Å²) in [7, 11) is 0. The van der Waals surface area contributed by atoms with Gasteiger partial charge in [0.05, 0.1) is 11.8 Å². The van der Waals surface area contributed by atoms with Gasteiger partial charge in [-0.3, -0.25) is 4.79 Å². The van der Waals surface area contributed by atoms with Gasteiger partial charge in [0.1, 0.15) is 5.95 Å². The molecule has 2 aromatic rings. The standard InChI is InChI=1S/C10H9N3O3/c11-5-9(14)7-1-3-8(4-2-7)13-6-10(15)16-12-13/h1-4,6H,5,11H2. The molecule has 0 unspecified atom stereocenters. The minimum absolute atomic E-state index is 0.0266. The first-order valence-electron chi connectivity index (χ1n) is 4.60. The molecule has 0 aliphatic rings. The van der Waals surface area contributed by atoms with Crippen LogP contribution in [0.1, 0.15) is 10.4 Å². The fourth-order valence-corrected chi connectivity index (χ4v) is 1.27. The first kappa shape index (κ1) is 10.3. The maximum atomic E-state index is 11.2. The van der Waals surface area contributed by atoms with Crippen LogP contribution in [0, 0.1) is 0 Å². The van der Waals surface area contributed by atoms with Gasteiger partial charge in [0.25, 0.3) is 0 Å². The quantitative estimate of drug-likeness (QED) is 0.536. The molecular formula is C10H9N3O3. The van der Waals surface area contributed by atoms with E-state index >= 15 is 0 Å². The predicted octanol–water partition coefficient (Wildman–Crippen LogP) is -0.834. The lowest BCUT2D eigenvalue weighted by atomic mass is 10.1. The number of aromatic nitrogens is 2. The number of carbonyl (C=O) groups is 1. The normalized spacial score (nSPS) is 10.3. The molecule has 0 saturated carbocycles. The van der Waals surface area contributed by atoms with Crippen LogP contribution in [-0.4, -0.2) is 17.6 Å². The predicted molar refractivity (Wildman–Crippen MR) is 50.9 cm³/mol. The molecule has 2 rings (SSSR count). The average molecular weight is 219 g/mol. The topological polar surface area (TPSA) is 96.1 Å². The number of hydrogen-bond acceptors (Lipinski definition) is 5. The minimum Gasteiger partial charge on any atom is -0.539 e. The van der Waals surface area contributed by atoms with E-state index in [2.05, 4.69) is 9.79 Å². The van der Waals surface area contributed by atoms with Gasteiger partial charge in [-0.25, -0.2) is 0 Å². The molecule has 6 heteroatoms. The molecule has 0 aliphatic carbocycles. The van der Waals surface area contributed by atoms with Crippen molar-refractivity contribution in [2.45, 2.75) is 0 Å². The van der Waals surface area contributed by atoms with E-state index in [4.69, 9.17) is 5.73 Å². The lowest BCUT2D eigenvalue weighted by Crippen LogP contribution is -2.31. The molecule has 1 aromatic carbocycles. The molecule has 6 nitrogen and oxygen atoms in total. The lowest BCUT2D eigenvalue weighted by molar-refractivity contribution is -0.670. The second-order valence-electron chi connectivity index (χ2n) is 3.14. The molecule has 0 fully saturated rings. The number of carbonyl (C=O) groups excluding carboxylic acids is 1. The van der Waals surface area contributed by atoms with Crippen molar-refractivity contribution in [3.05, 3.63) is 36.0 Å². The van der Waals surface area contributed by atoms with Crippen molar-refractivity contribution in [3.8, 4) is 11.6 Å². The molecule has 0 atom stereocenters. The summed E-state index contributed by atoms with van der Waals surface area (Å²) in [5.74, 6) is -0.664. The highest BCUT2D eigenvalue weighted by molar-refractivity contribution is 5.97. The van der Waals surface area contributed by atoms with Crippen molar-refractivity contribution in [2.75, 3.05) is 6.54 Å². The van der Waals surface area contributed by atoms with Crippen LogP contribution < -0.4 is 15.5 Å². The van der Waals surface area contributed by atoms with Crippen LogP contribution in [0.25, 0.3) is 5.69 Å². The zero-order chi connectivity index (χ0) is 11.5. The van der Waals surface area contributed by atoms with Gasteiger partial charge in [-0.2, -0.15) is 0 Å². The SMILES string of the molecule is NCC(=O)c1ccc(-[n+]2cc([O-])on2)cc1. The number of ketones is 1. The Kier molecular flexibility index (Phi) is 2.65. The third kappa shape index (κ3) is 1.91. The van der Waals surface area contributed by atoms with Crippen LogP contribution >= 0.6 is 0 Å². The second kappa shape index (κ2) is 4.11. The zero-order valence-electron chi connectivity index (χ0n) is 8.29. The maximum Gasteiger partial charge on any atom is 0.239 e. The van der Waals surface area contributed by atoms with E-state index in [1.54, 1.807) is 24.3 Å². The Balaban J connectivity index is 2.29. The molecule has 0 radical (unpaired) electrons. The molecule has 16 heavy (non-hydrogen) atoms. The Labute approximate surface area is 90.9 Å². The summed E-state index contributed by atoms with van der Waals surface area (Å²) in [5.41, 5.74) is 6.40. The molecule has 1 heterocycles. The summed E-state index contributed by atoms with van der Waals surface area (Å²) >= 11 is 0. The summed E-state index contributed by atoms with van der Waals surface area (Å²) in [5, 5.41) is 14.3. The molecule has 82 valence electrons. The zero-order valence-corrected chi connectivity index (χ0v) is 8.29. The van der Waals surface area contributed by atoms with Crippen LogP contribution in [0.4, 0.5) is 0 Å². The summed E-state index contributed by atoms with van der Waals surface area (Å²) in [6.45, 7) is -0.0266. The number of nitrogens with zero attached hydrogens (tertiary/aromatic N) is 2. The highest BCUT2D eigenvalue weighted by atomic mass is 16.6. The first-order chi connectivity index (χ1) is 7.70. The third-order valence-corrected chi connectivity index (χ3v) is 2.09. The van der Waals surface area contributed by atoms with Gasteiger partial charge < -0.3 is 15.4 Å². The summed E-state index contributed by atoms with van der Waals surface area (Å²) < 4.78 is 5.68. The van der Waals surface area contributed by atoms with E-state index in [9.17, 15) is 9.90 Å². The van der Waals surface area contributed by atoms with Crippen LogP contribution in [0.5, 0.6) is 5.95 Å². The van der Waals surface area contributed by atoms with Crippen LogP contribution in [0.2, 0.25) is 0 Å². The van der Waals surface area contributed by atoms with Crippen molar-refractivity contribution in [3.63, 3.8) is 0 Å². The second-order valence-corrected chi connectivity index (χ2v) is 3.14. The van der Waals surface area contributed by atoms with Gasteiger partial charge in [0.2, 0.25) is 11.9 Å². The number of hydrogen-bond donors (Lipinski definition) is 1. The van der Waals surface area contributed by atoms with E-state index in [0.29, 0.717) is 11.3 Å². The van der Waals surface area contributed by atoms with Gasteiger partial charge in [-0.1, -0.05) is 0 Å². The maximum absolute atomic E-state index is 11.2. The smallest absolute Gasteiger partial charge is 0.239 e. The summed E-state index contributed by atoms with van der Waals surface area (Å²) in [6, 6.07) is 6.56. The molecular weight excluding hydrogens is 210 g/mol. The minimum atomic E-state index is -0.526. The van der Waals surface area contributed by atoms with E-state index in [0.717, 1.165) is 0 Å². The van der Waals surface area contributed by atoms with Crippen molar-refractivity contribution in [1.82, 2.24) is 5.27 Å². The van der Waals surface area contributed by atoms with E-state index < -0.39 is 5.95 Å². The van der Waals surface area contributed by atoms with E-state index in [1.165, 1.54) is 10.9 Å². The lowest BCUT2D eigenvalue weighted by Gasteiger charge is -1.96. The monoisotopic (exact) mass is 219 g/mol. The Hall–Kier alpha value is -2.21. The largest absolute Gasteiger partial charge is 0.539 e. The van der Waals surface area contributed by atoms with E-state index in [-0.39, 0.29) is 12.3 Å². The Morgan fingerprint density at radius 3 is 2.62 bits per heavy atom. The Morgan fingerprint density at radius 1 is 1.44 bits per heavy atom. The highest BCUT2D eigenvalue weighted by Crippen LogP contribution is 2.05. The molecule has 2 N–H and O–H groups in total. The third-order valence-electron chi connectivity index (χ3n) is 2.09. The van der Waals surface area contributed by atoms with Gasteiger partial charge >= 0.3 is 0 Å². The highest BCUT2D eigenvalue weighted by Gasteiger charge is 2.10. The number of benzene rings is 1. The van der Waals surface area contributed by atoms with Crippen LogP contribution in [0.15, 0.2) is 35.0 Å². The number of Topliss-reactive ketones (excluding diaryl/α,β-unsaturated/α-hetero) is 1. The average Bonchev–Trinajstić information content (AvgIpc) is 2.75. The molecule has 0 saturated heterocycles. The van der Waals surface area contributed by atoms with Crippen molar-refractivity contribution in [1.29, 1.82) is 0 Å². The van der Waals surface area contributed by atoms with E-state index in [1.807, 2.05) is 0 Å². The molecule has 1 aromatic heterocycles. The number of rotatable bonds is 3. The summed E-state index contributed by atoms with van der Waals surface area (Å²) in [6.07, 6.45) is 1.21. The molecule has 0 amide bonds. The number of nitrogens with two attached hydrogens (primary N) is 1. The van der Waals surface area contributed by atoms with Crippen molar-refractivity contribution in [2.24, 2.45) is 5.73 Å². The molecule has 0 spiro atoms. The van der Waals surface area contributed by atoms with Crippen molar-refractivity contribution < 1.29 is 19.1 Å². The Bertz CT molecular complexity index is 504. The Morgan fingerprint density at radius 2 is 2.12 bits per heavy atom. The van der Waals surface area contributed by atoms with Gasteiger partial charge in [0, 0.05) is 17.7 Å². The first-order valence-corrected chi connectivity index (χ1v) is 4.60. The molecule has 0 aliphatic heterocycles. The van der Waals surface area contributed by atoms with Gasteiger partial charge in [0.15, 0.2) is 5.78 Å². The fourth-order valence-electron chi connectivity index (χ4n) is 1.27. The van der Waals surface area contributed by atoms with Gasteiger partial charge in [-0.05, 0) is 16.8 Å². The summed E-state index contributed by atoms with van der Waals surface area (Å²) in [4.78, 5) is 11.2. The van der Waals surface area contributed by atoms with Gasteiger partial charge in [-0.15, -0.1) is 0 Å². The van der Waals surface area contributed by atoms with Crippen LogP contribution in [-0.2, 0) is 0 Å². The fraction of sp³-hybridized carbons (Fsp3) is 0.100. The van der Waals surface area contributed by atoms with Crippen molar-refractivity contribution >= 4 is 5.78 Å².